The highest BCUT2D eigenvalue weighted by Crippen LogP contribution is 2.18. The Morgan fingerprint density at radius 1 is 1.28 bits per heavy atom. The van der Waals surface area contributed by atoms with E-state index in [2.05, 4.69) is 38.5 Å². The lowest BCUT2D eigenvalue weighted by molar-refractivity contribution is 0.501. The molecule has 1 aliphatic rings. The van der Waals surface area contributed by atoms with E-state index < -0.39 is 0 Å². The summed E-state index contributed by atoms with van der Waals surface area (Å²) in [5.74, 6) is 2.74. The highest BCUT2D eigenvalue weighted by molar-refractivity contribution is 14.0. The molecule has 3 rings (SSSR count). The third-order valence-electron chi connectivity index (χ3n) is 4.01. The zero-order valence-electron chi connectivity index (χ0n) is 14.6. The third-order valence-corrected chi connectivity index (χ3v) is 4.01. The Morgan fingerprint density at radius 2 is 2.12 bits per heavy atom. The highest BCUT2D eigenvalue weighted by atomic mass is 127. The van der Waals surface area contributed by atoms with Crippen LogP contribution in [-0.4, -0.2) is 30.6 Å². The van der Waals surface area contributed by atoms with Gasteiger partial charge in [0, 0.05) is 25.8 Å². The Labute approximate surface area is 166 Å². The maximum Gasteiger partial charge on any atom is 0.191 e. The summed E-state index contributed by atoms with van der Waals surface area (Å²) in [6, 6.07) is 8.00. The standard InChI is InChI=1S/C18H25N5O.HI/c1-2-19-18(22-14-16-6-5-11-24-16)21-13-15-7-8-20-17(12-15)23-9-3-4-10-23;/h5-8,11-12H,2-4,9-10,13-14H2,1H3,(H2,19,21,22);1H. The number of rotatable bonds is 6. The molecule has 0 unspecified atom stereocenters. The second-order valence-electron chi connectivity index (χ2n) is 5.84. The number of nitrogens with zero attached hydrogens (tertiary/aromatic N) is 3. The zero-order chi connectivity index (χ0) is 16.6. The van der Waals surface area contributed by atoms with Crippen LogP contribution in [-0.2, 0) is 13.1 Å². The van der Waals surface area contributed by atoms with Crippen LogP contribution in [0.15, 0.2) is 46.1 Å². The molecule has 0 radical (unpaired) electrons. The molecule has 1 saturated heterocycles. The molecule has 0 spiro atoms. The number of halogens is 1. The molecule has 0 aliphatic carbocycles. The van der Waals surface area contributed by atoms with Crippen molar-refractivity contribution in [3.63, 3.8) is 0 Å². The van der Waals surface area contributed by atoms with Gasteiger partial charge in [0.25, 0.3) is 0 Å². The maximum atomic E-state index is 5.34. The zero-order valence-corrected chi connectivity index (χ0v) is 16.9. The van der Waals surface area contributed by atoms with E-state index in [1.807, 2.05) is 24.4 Å². The van der Waals surface area contributed by atoms with Crippen LogP contribution in [0.5, 0.6) is 0 Å². The van der Waals surface area contributed by atoms with Gasteiger partial charge in [-0.25, -0.2) is 9.98 Å². The van der Waals surface area contributed by atoms with E-state index in [0.717, 1.165) is 37.2 Å². The van der Waals surface area contributed by atoms with Crippen LogP contribution in [0.4, 0.5) is 5.82 Å². The number of guanidine groups is 1. The van der Waals surface area contributed by atoms with Crippen molar-refractivity contribution in [1.82, 2.24) is 15.6 Å². The van der Waals surface area contributed by atoms with Gasteiger partial charge in [0.05, 0.1) is 19.4 Å². The van der Waals surface area contributed by atoms with Gasteiger partial charge < -0.3 is 20.0 Å². The van der Waals surface area contributed by atoms with Gasteiger partial charge in [0.2, 0.25) is 0 Å². The van der Waals surface area contributed by atoms with Crippen molar-refractivity contribution >= 4 is 35.8 Å². The molecule has 3 heterocycles. The first-order valence-corrected chi connectivity index (χ1v) is 8.59. The summed E-state index contributed by atoms with van der Waals surface area (Å²) in [6.07, 6.45) is 6.07. The number of pyridine rings is 1. The van der Waals surface area contributed by atoms with Gasteiger partial charge in [-0.05, 0) is 49.6 Å². The lowest BCUT2D eigenvalue weighted by Gasteiger charge is -2.16. The molecule has 0 amide bonds. The molecular weight excluding hydrogens is 429 g/mol. The van der Waals surface area contributed by atoms with Crippen LogP contribution in [0.25, 0.3) is 0 Å². The van der Waals surface area contributed by atoms with Gasteiger partial charge >= 0.3 is 0 Å². The summed E-state index contributed by atoms with van der Waals surface area (Å²) in [6.45, 7) is 6.33. The van der Waals surface area contributed by atoms with Crippen molar-refractivity contribution in [3.05, 3.63) is 48.0 Å². The molecule has 2 aromatic rings. The van der Waals surface area contributed by atoms with Gasteiger partial charge in [0.15, 0.2) is 5.96 Å². The molecule has 0 atom stereocenters. The van der Waals surface area contributed by atoms with E-state index in [4.69, 9.17) is 4.42 Å². The molecule has 136 valence electrons. The summed E-state index contributed by atoms with van der Waals surface area (Å²) in [5.41, 5.74) is 1.17. The van der Waals surface area contributed by atoms with E-state index in [1.54, 1.807) is 6.26 Å². The predicted octanol–water partition coefficient (Wildman–Crippen LogP) is 3.15. The normalized spacial score (nSPS) is 14.3. The van der Waals surface area contributed by atoms with Gasteiger partial charge in [-0.2, -0.15) is 0 Å². The molecule has 7 heteroatoms. The molecule has 1 aliphatic heterocycles. The van der Waals surface area contributed by atoms with E-state index in [9.17, 15) is 0 Å². The van der Waals surface area contributed by atoms with Crippen LogP contribution in [0.3, 0.4) is 0 Å². The van der Waals surface area contributed by atoms with Crippen molar-refractivity contribution in [2.45, 2.75) is 32.9 Å². The summed E-state index contributed by atoms with van der Waals surface area (Å²) in [7, 11) is 0. The number of aliphatic imine (C=N–C) groups is 1. The fourth-order valence-corrected chi connectivity index (χ4v) is 2.77. The van der Waals surface area contributed by atoms with E-state index >= 15 is 0 Å². The van der Waals surface area contributed by atoms with Crippen LogP contribution in [0.2, 0.25) is 0 Å². The Balaban J connectivity index is 0.00000225. The van der Waals surface area contributed by atoms with E-state index in [1.165, 1.54) is 18.4 Å². The quantitative estimate of drug-likeness (QED) is 0.398. The maximum absolute atomic E-state index is 5.34. The van der Waals surface area contributed by atoms with E-state index in [-0.39, 0.29) is 24.0 Å². The molecule has 6 nitrogen and oxygen atoms in total. The average molecular weight is 455 g/mol. The van der Waals surface area contributed by atoms with Crippen LogP contribution < -0.4 is 15.5 Å². The molecule has 0 aromatic carbocycles. The summed E-state index contributed by atoms with van der Waals surface area (Å²) < 4.78 is 5.34. The fraction of sp³-hybridized carbons (Fsp3) is 0.444. The third kappa shape index (κ3) is 5.91. The van der Waals surface area contributed by atoms with Crippen molar-refractivity contribution in [2.75, 3.05) is 24.5 Å². The minimum absolute atomic E-state index is 0. The number of anilines is 1. The van der Waals surface area contributed by atoms with Crippen LogP contribution in [0.1, 0.15) is 31.1 Å². The SMILES string of the molecule is CCNC(=NCc1ccnc(N2CCCC2)c1)NCc1ccco1.I. The topological polar surface area (TPSA) is 65.7 Å². The monoisotopic (exact) mass is 455 g/mol. The Hall–Kier alpha value is -1.77. The molecule has 1 fully saturated rings. The molecule has 2 N–H and O–H groups in total. The number of hydrogen-bond acceptors (Lipinski definition) is 4. The Kier molecular flexibility index (Phi) is 8.03. The molecule has 0 saturated carbocycles. The highest BCUT2D eigenvalue weighted by Gasteiger charge is 2.13. The smallest absolute Gasteiger partial charge is 0.191 e. The summed E-state index contributed by atoms with van der Waals surface area (Å²) in [4.78, 5) is 11.5. The number of hydrogen-bond donors (Lipinski definition) is 2. The first-order valence-electron chi connectivity index (χ1n) is 8.59. The van der Waals surface area contributed by atoms with Crippen LogP contribution in [0, 0.1) is 0 Å². The van der Waals surface area contributed by atoms with Gasteiger partial charge in [0.1, 0.15) is 11.6 Å². The lowest BCUT2D eigenvalue weighted by Crippen LogP contribution is -2.36. The van der Waals surface area contributed by atoms with Gasteiger partial charge in [-0.15, -0.1) is 24.0 Å². The van der Waals surface area contributed by atoms with Crippen molar-refractivity contribution in [3.8, 4) is 0 Å². The van der Waals surface area contributed by atoms with E-state index in [0.29, 0.717) is 13.1 Å². The minimum atomic E-state index is 0. The fourth-order valence-electron chi connectivity index (χ4n) is 2.77. The molecular formula is C18H26IN5O. The largest absolute Gasteiger partial charge is 0.467 e. The van der Waals surface area contributed by atoms with Gasteiger partial charge in [-0.3, -0.25) is 0 Å². The second-order valence-corrected chi connectivity index (χ2v) is 5.84. The Bertz CT molecular complexity index is 653. The van der Waals surface area contributed by atoms with Crippen LogP contribution >= 0.6 is 24.0 Å². The number of nitrogens with one attached hydrogen (secondary N) is 2. The second kappa shape index (κ2) is 10.3. The molecule has 0 bridgehead atoms. The molecule has 25 heavy (non-hydrogen) atoms. The Morgan fingerprint density at radius 3 is 2.84 bits per heavy atom. The number of furan rings is 1. The summed E-state index contributed by atoms with van der Waals surface area (Å²) >= 11 is 0. The first-order chi connectivity index (χ1) is 11.8. The van der Waals surface area contributed by atoms with Gasteiger partial charge in [-0.1, -0.05) is 0 Å². The lowest BCUT2D eigenvalue weighted by atomic mass is 10.2. The first kappa shape index (κ1) is 19.6. The summed E-state index contributed by atoms with van der Waals surface area (Å²) in [5, 5.41) is 6.54. The minimum Gasteiger partial charge on any atom is -0.467 e. The number of aromatic nitrogens is 1. The molecule has 2 aromatic heterocycles. The van der Waals surface area contributed by atoms with Crippen molar-refractivity contribution < 1.29 is 4.42 Å². The van der Waals surface area contributed by atoms with Crippen molar-refractivity contribution in [1.29, 1.82) is 0 Å². The average Bonchev–Trinajstić information content (AvgIpc) is 3.31. The van der Waals surface area contributed by atoms with Crippen molar-refractivity contribution in [2.24, 2.45) is 4.99 Å². The predicted molar refractivity (Wildman–Crippen MR) is 111 cm³/mol.